The first kappa shape index (κ1) is 31.5. The number of hydrogen-bond donors (Lipinski definition) is 2. The van der Waals surface area contributed by atoms with Gasteiger partial charge < -0.3 is 20.3 Å². The second kappa shape index (κ2) is 14.9. The van der Waals surface area contributed by atoms with Crippen molar-refractivity contribution in [3.8, 4) is 0 Å². The fourth-order valence-corrected chi connectivity index (χ4v) is 4.04. The third-order valence-electron chi connectivity index (χ3n) is 6.44. The molecule has 0 bridgehead atoms. The number of nitrogens with zero attached hydrogens (tertiary/aromatic N) is 1. The van der Waals surface area contributed by atoms with Crippen LogP contribution in [0.1, 0.15) is 105 Å². The Morgan fingerprint density at radius 1 is 1.03 bits per heavy atom. The van der Waals surface area contributed by atoms with Gasteiger partial charge >= 0.3 is 6.09 Å². The number of nitrogens with one attached hydrogen (secondary N) is 2. The molecule has 36 heavy (non-hydrogen) atoms. The summed E-state index contributed by atoms with van der Waals surface area (Å²) in [6.45, 7) is 17.9. The number of amides is 3. The van der Waals surface area contributed by atoms with E-state index in [1.807, 2.05) is 58.9 Å². The van der Waals surface area contributed by atoms with E-state index in [9.17, 15) is 14.4 Å². The monoisotopic (exact) mass is 503 g/mol. The van der Waals surface area contributed by atoms with Crippen LogP contribution in [0, 0.1) is 12.8 Å². The normalized spacial score (nSPS) is 14.8. The standard InChI is InChI=1S/C29H49N3O4/c1-10-13-14-18-30-26(33)25(23-17-15-16-20(4)19-23)32(22(6)12-3)27(34)24(21(5)11-2)31-28(35)36-29(7,8)9/h15-17,19,21-22,24-25H,10-14,18H2,1-9H3,(H,30,33)(H,31,35). The third kappa shape index (κ3) is 9.82. The highest BCUT2D eigenvalue weighted by Crippen LogP contribution is 2.28. The molecule has 0 radical (unpaired) electrons. The maximum absolute atomic E-state index is 14.2. The number of aryl methyl sites for hydroxylation is 1. The number of alkyl carbamates (subject to hydrolysis) is 1. The van der Waals surface area contributed by atoms with Crippen LogP contribution < -0.4 is 10.6 Å². The maximum atomic E-state index is 14.2. The number of rotatable bonds is 13. The summed E-state index contributed by atoms with van der Waals surface area (Å²) < 4.78 is 5.46. The van der Waals surface area contributed by atoms with Gasteiger partial charge in [0.15, 0.2) is 0 Å². The lowest BCUT2D eigenvalue weighted by Crippen LogP contribution is -2.57. The van der Waals surface area contributed by atoms with Gasteiger partial charge in [-0.25, -0.2) is 4.79 Å². The molecule has 0 aliphatic heterocycles. The zero-order valence-electron chi connectivity index (χ0n) is 23.9. The van der Waals surface area contributed by atoms with Crippen molar-refractivity contribution in [3.63, 3.8) is 0 Å². The van der Waals surface area contributed by atoms with Gasteiger partial charge in [-0.3, -0.25) is 9.59 Å². The number of carbonyl (C=O) groups is 3. The first-order valence-corrected chi connectivity index (χ1v) is 13.5. The molecule has 0 aromatic heterocycles. The van der Waals surface area contributed by atoms with Gasteiger partial charge in [-0.1, -0.05) is 76.8 Å². The Kier molecular flexibility index (Phi) is 13.0. The van der Waals surface area contributed by atoms with Crippen molar-refractivity contribution in [1.29, 1.82) is 0 Å². The predicted octanol–water partition coefficient (Wildman–Crippen LogP) is 5.91. The molecule has 1 aromatic rings. The summed E-state index contributed by atoms with van der Waals surface area (Å²) in [5, 5.41) is 5.87. The highest BCUT2D eigenvalue weighted by Gasteiger charge is 2.40. The van der Waals surface area contributed by atoms with E-state index in [1.165, 1.54) is 0 Å². The van der Waals surface area contributed by atoms with Crippen LogP contribution in [-0.4, -0.2) is 47.0 Å². The Balaban J connectivity index is 3.48. The van der Waals surface area contributed by atoms with Crippen molar-refractivity contribution < 1.29 is 19.1 Å². The van der Waals surface area contributed by atoms with Gasteiger partial charge in [-0.05, 0) is 58.9 Å². The number of ether oxygens (including phenoxy) is 1. The molecule has 0 heterocycles. The molecule has 0 saturated heterocycles. The van der Waals surface area contributed by atoms with Crippen LogP contribution in [0.3, 0.4) is 0 Å². The van der Waals surface area contributed by atoms with Crippen molar-refractivity contribution in [2.75, 3.05) is 6.54 Å². The summed E-state index contributed by atoms with van der Waals surface area (Å²) in [6.07, 6.45) is 3.67. The molecular weight excluding hydrogens is 454 g/mol. The molecule has 4 unspecified atom stereocenters. The quantitative estimate of drug-likeness (QED) is 0.328. The zero-order valence-corrected chi connectivity index (χ0v) is 23.9. The van der Waals surface area contributed by atoms with E-state index in [2.05, 4.69) is 17.6 Å². The number of carbonyl (C=O) groups excluding carboxylic acids is 3. The smallest absolute Gasteiger partial charge is 0.408 e. The van der Waals surface area contributed by atoms with E-state index in [0.717, 1.165) is 30.4 Å². The van der Waals surface area contributed by atoms with E-state index < -0.39 is 23.8 Å². The number of benzene rings is 1. The molecule has 2 N–H and O–H groups in total. The minimum absolute atomic E-state index is 0.151. The molecule has 0 aliphatic rings. The van der Waals surface area contributed by atoms with Gasteiger partial charge in [0.2, 0.25) is 11.8 Å². The average Bonchev–Trinajstić information content (AvgIpc) is 2.81. The van der Waals surface area contributed by atoms with Gasteiger partial charge in [0, 0.05) is 12.6 Å². The van der Waals surface area contributed by atoms with Crippen LogP contribution in [0.4, 0.5) is 4.79 Å². The van der Waals surface area contributed by atoms with Gasteiger partial charge in [0.25, 0.3) is 0 Å². The summed E-state index contributed by atoms with van der Waals surface area (Å²) in [5.41, 5.74) is 1.08. The highest BCUT2D eigenvalue weighted by atomic mass is 16.6. The maximum Gasteiger partial charge on any atom is 0.408 e. The van der Waals surface area contributed by atoms with Crippen molar-refractivity contribution >= 4 is 17.9 Å². The molecule has 3 amide bonds. The van der Waals surface area contributed by atoms with Crippen molar-refractivity contribution in [2.24, 2.45) is 5.92 Å². The minimum atomic E-state index is -0.820. The Morgan fingerprint density at radius 2 is 1.69 bits per heavy atom. The minimum Gasteiger partial charge on any atom is -0.444 e. The van der Waals surface area contributed by atoms with E-state index in [1.54, 1.807) is 25.7 Å². The Labute approximate surface area is 218 Å². The molecule has 0 fully saturated rings. The van der Waals surface area contributed by atoms with Gasteiger partial charge in [0.1, 0.15) is 17.7 Å². The van der Waals surface area contributed by atoms with Crippen LogP contribution in [0.2, 0.25) is 0 Å². The summed E-state index contributed by atoms with van der Waals surface area (Å²) in [4.78, 5) is 42.2. The largest absolute Gasteiger partial charge is 0.444 e. The SMILES string of the molecule is CCCCCNC(=O)C(c1cccc(C)c1)N(C(=O)C(NC(=O)OC(C)(C)C)C(C)CC)C(C)CC. The molecule has 0 saturated carbocycles. The molecule has 7 heteroatoms. The third-order valence-corrected chi connectivity index (χ3v) is 6.44. The first-order valence-electron chi connectivity index (χ1n) is 13.5. The Morgan fingerprint density at radius 3 is 2.22 bits per heavy atom. The predicted molar refractivity (Wildman–Crippen MR) is 146 cm³/mol. The van der Waals surface area contributed by atoms with Crippen molar-refractivity contribution in [2.45, 2.75) is 118 Å². The van der Waals surface area contributed by atoms with Gasteiger partial charge in [-0.15, -0.1) is 0 Å². The van der Waals surface area contributed by atoms with Crippen molar-refractivity contribution in [1.82, 2.24) is 15.5 Å². The van der Waals surface area contributed by atoms with E-state index in [0.29, 0.717) is 19.4 Å². The lowest BCUT2D eigenvalue weighted by molar-refractivity contribution is -0.146. The number of unbranched alkanes of at least 4 members (excludes halogenated alkanes) is 2. The van der Waals surface area contributed by atoms with E-state index in [-0.39, 0.29) is 23.8 Å². The molecule has 4 atom stereocenters. The lowest BCUT2D eigenvalue weighted by Gasteiger charge is -2.39. The average molecular weight is 504 g/mol. The van der Waals surface area contributed by atoms with E-state index >= 15 is 0 Å². The van der Waals surface area contributed by atoms with Gasteiger partial charge in [-0.2, -0.15) is 0 Å². The summed E-state index contributed by atoms with van der Waals surface area (Å²) in [5.74, 6) is -0.632. The first-order chi connectivity index (χ1) is 16.9. The van der Waals surface area contributed by atoms with Crippen LogP contribution in [-0.2, 0) is 14.3 Å². The molecule has 0 spiro atoms. The fraction of sp³-hybridized carbons (Fsp3) is 0.690. The summed E-state index contributed by atoms with van der Waals surface area (Å²) >= 11 is 0. The molecular formula is C29H49N3O4. The summed E-state index contributed by atoms with van der Waals surface area (Å²) in [7, 11) is 0. The van der Waals surface area contributed by atoms with Crippen LogP contribution in [0.5, 0.6) is 0 Å². The fourth-order valence-electron chi connectivity index (χ4n) is 4.04. The summed E-state index contributed by atoms with van der Waals surface area (Å²) in [6, 6.07) is 5.88. The van der Waals surface area contributed by atoms with Crippen molar-refractivity contribution in [3.05, 3.63) is 35.4 Å². The molecule has 1 aromatic carbocycles. The molecule has 0 aliphatic carbocycles. The highest BCUT2D eigenvalue weighted by molar-refractivity contribution is 5.92. The molecule has 7 nitrogen and oxygen atoms in total. The topological polar surface area (TPSA) is 87.7 Å². The van der Waals surface area contributed by atoms with Crippen LogP contribution in [0.25, 0.3) is 0 Å². The van der Waals surface area contributed by atoms with Crippen LogP contribution in [0.15, 0.2) is 24.3 Å². The molecule has 1 rings (SSSR count). The lowest BCUT2D eigenvalue weighted by atomic mass is 9.94. The van der Waals surface area contributed by atoms with Crippen LogP contribution >= 0.6 is 0 Å². The Bertz CT molecular complexity index is 849. The Hall–Kier alpha value is -2.57. The second-order valence-electron chi connectivity index (χ2n) is 10.8. The molecule has 204 valence electrons. The number of hydrogen-bond acceptors (Lipinski definition) is 4. The second-order valence-corrected chi connectivity index (χ2v) is 10.8. The van der Waals surface area contributed by atoms with E-state index in [4.69, 9.17) is 4.74 Å². The zero-order chi connectivity index (χ0) is 27.5. The van der Waals surface area contributed by atoms with Gasteiger partial charge in [0.05, 0.1) is 0 Å².